The number of anilines is 1. The number of aromatic nitrogens is 2. The molecule has 1 aromatic heterocycles. The number of carbonyl (C=O) groups is 1. The first-order valence-electron chi connectivity index (χ1n) is 6.07. The first-order chi connectivity index (χ1) is 9.47. The van der Waals surface area contributed by atoms with E-state index in [1.165, 1.54) is 12.1 Å². The number of benzene rings is 1. The maximum Gasteiger partial charge on any atom is 0.413 e. The Labute approximate surface area is 119 Å². The second-order valence-corrected chi connectivity index (χ2v) is 5.64. The molecule has 20 heavy (non-hydrogen) atoms. The van der Waals surface area contributed by atoms with E-state index in [1.807, 2.05) is 13.8 Å². The lowest BCUT2D eigenvalue weighted by Crippen LogP contribution is -2.32. The van der Waals surface area contributed by atoms with Crippen molar-refractivity contribution >= 4 is 22.6 Å². The fraction of sp³-hybridized carbons (Fsp3) is 0.308. The van der Waals surface area contributed by atoms with Gasteiger partial charge in [-0.1, -0.05) is 37.3 Å². The average Bonchev–Trinajstić information content (AvgIpc) is 2.84. The number of hydrogen-bond acceptors (Lipinski definition) is 4. The topological polar surface area (TPSA) is 66.3 Å². The van der Waals surface area contributed by atoms with Crippen LogP contribution in [0.5, 0.6) is 0 Å². The number of rotatable bonds is 4. The van der Waals surface area contributed by atoms with Gasteiger partial charge in [-0.3, -0.25) is 4.90 Å². The van der Waals surface area contributed by atoms with Crippen LogP contribution in [-0.4, -0.2) is 27.9 Å². The lowest BCUT2D eigenvalue weighted by molar-refractivity contribution is 0.201. The lowest BCUT2D eigenvalue weighted by atomic mass is 10.2. The molecule has 1 amide bonds. The molecule has 0 radical (unpaired) electrons. The Morgan fingerprint density at radius 2 is 2.20 bits per heavy atom. The van der Waals surface area contributed by atoms with Crippen LogP contribution in [0.3, 0.4) is 0 Å². The minimum absolute atomic E-state index is 0.174. The highest BCUT2D eigenvalue weighted by molar-refractivity contribution is 7.18. The van der Waals surface area contributed by atoms with E-state index in [0.717, 1.165) is 16.2 Å². The summed E-state index contributed by atoms with van der Waals surface area (Å²) in [5.41, 5.74) is 0.587. The molecule has 1 heterocycles. The predicted molar refractivity (Wildman–Crippen MR) is 75.5 cm³/mol. The molecule has 1 aromatic carbocycles. The lowest BCUT2D eigenvalue weighted by Gasteiger charge is -2.17. The first-order valence-corrected chi connectivity index (χ1v) is 6.89. The van der Waals surface area contributed by atoms with Gasteiger partial charge in [-0.2, -0.15) is 0 Å². The zero-order valence-corrected chi connectivity index (χ0v) is 11.9. The molecule has 1 N–H and O–H groups in total. The van der Waals surface area contributed by atoms with Crippen LogP contribution in [0.2, 0.25) is 0 Å². The van der Waals surface area contributed by atoms with E-state index in [0.29, 0.717) is 22.2 Å². The van der Waals surface area contributed by atoms with E-state index < -0.39 is 6.09 Å². The highest BCUT2D eigenvalue weighted by Crippen LogP contribution is 2.29. The monoisotopic (exact) mass is 295 g/mol. The number of halogens is 1. The van der Waals surface area contributed by atoms with E-state index in [-0.39, 0.29) is 11.7 Å². The van der Waals surface area contributed by atoms with E-state index in [2.05, 4.69) is 10.2 Å². The molecule has 0 saturated carbocycles. The summed E-state index contributed by atoms with van der Waals surface area (Å²) in [6.07, 6.45) is -1.07. The van der Waals surface area contributed by atoms with Crippen LogP contribution in [0.15, 0.2) is 24.3 Å². The van der Waals surface area contributed by atoms with E-state index in [1.54, 1.807) is 12.1 Å². The smallest absolute Gasteiger partial charge is 0.413 e. The Morgan fingerprint density at radius 1 is 1.45 bits per heavy atom. The summed E-state index contributed by atoms with van der Waals surface area (Å²) in [7, 11) is 0. The molecule has 0 unspecified atom stereocenters. The van der Waals surface area contributed by atoms with Gasteiger partial charge in [-0.05, 0) is 18.1 Å². The zero-order chi connectivity index (χ0) is 14.7. The van der Waals surface area contributed by atoms with Crippen molar-refractivity contribution < 1.29 is 14.3 Å². The molecule has 0 aliphatic rings. The van der Waals surface area contributed by atoms with Crippen LogP contribution in [0.1, 0.15) is 13.8 Å². The third-order valence-corrected chi connectivity index (χ3v) is 3.49. The fourth-order valence-electron chi connectivity index (χ4n) is 1.67. The van der Waals surface area contributed by atoms with Crippen molar-refractivity contribution in [3.05, 3.63) is 30.1 Å². The highest BCUT2D eigenvalue weighted by atomic mass is 32.1. The molecular weight excluding hydrogens is 281 g/mol. The maximum atomic E-state index is 13.2. The van der Waals surface area contributed by atoms with Crippen LogP contribution in [0.25, 0.3) is 10.6 Å². The molecule has 2 aromatic rings. The van der Waals surface area contributed by atoms with Crippen LogP contribution >= 0.6 is 11.3 Å². The molecule has 7 heteroatoms. The molecular formula is C13H14FN3O2S. The quantitative estimate of drug-likeness (QED) is 0.937. The third-order valence-electron chi connectivity index (χ3n) is 2.50. The SMILES string of the molecule is CC(C)CN(C(=O)O)c1nnc(-c2cccc(F)c2)s1. The van der Waals surface area contributed by atoms with Gasteiger partial charge < -0.3 is 5.11 Å². The second-order valence-electron chi connectivity index (χ2n) is 4.69. The van der Waals surface area contributed by atoms with Crippen molar-refractivity contribution in [2.75, 3.05) is 11.4 Å². The Hall–Kier alpha value is -2.02. The van der Waals surface area contributed by atoms with E-state index >= 15 is 0 Å². The van der Waals surface area contributed by atoms with Gasteiger partial charge in [0.25, 0.3) is 0 Å². The Bertz CT molecular complexity index is 615. The van der Waals surface area contributed by atoms with Gasteiger partial charge in [-0.25, -0.2) is 9.18 Å². The Morgan fingerprint density at radius 3 is 2.80 bits per heavy atom. The first kappa shape index (κ1) is 14.4. The molecule has 0 aliphatic carbocycles. The number of nitrogens with zero attached hydrogens (tertiary/aromatic N) is 3. The summed E-state index contributed by atoms with van der Waals surface area (Å²) in [4.78, 5) is 12.4. The van der Waals surface area contributed by atoms with E-state index in [9.17, 15) is 14.3 Å². The molecule has 0 saturated heterocycles. The standard InChI is InChI=1S/C13H14FN3O2S/c1-8(2)7-17(13(18)19)12-16-15-11(20-12)9-4-3-5-10(14)6-9/h3-6,8H,7H2,1-2H3,(H,18,19). The number of hydrogen-bond donors (Lipinski definition) is 1. The normalized spacial score (nSPS) is 10.8. The minimum atomic E-state index is -1.07. The number of amides is 1. The summed E-state index contributed by atoms with van der Waals surface area (Å²) < 4.78 is 13.2. The summed E-state index contributed by atoms with van der Waals surface area (Å²) in [5.74, 6) is -0.191. The fourth-order valence-corrected chi connectivity index (χ4v) is 2.51. The average molecular weight is 295 g/mol. The molecule has 0 aliphatic heterocycles. The second kappa shape index (κ2) is 5.96. The molecule has 5 nitrogen and oxygen atoms in total. The number of carboxylic acid groups (broad SMARTS) is 1. The van der Waals surface area contributed by atoms with Crippen LogP contribution in [0, 0.1) is 11.7 Å². The summed E-state index contributed by atoms with van der Waals surface area (Å²) in [5, 5.41) is 17.8. The summed E-state index contributed by atoms with van der Waals surface area (Å²) >= 11 is 1.13. The Balaban J connectivity index is 2.29. The van der Waals surface area contributed by atoms with Crippen LogP contribution < -0.4 is 4.90 Å². The largest absolute Gasteiger partial charge is 0.465 e. The van der Waals surface area contributed by atoms with Crippen molar-refractivity contribution in [1.29, 1.82) is 0 Å². The van der Waals surface area contributed by atoms with Gasteiger partial charge >= 0.3 is 6.09 Å². The molecule has 0 fully saturated rings. The van der Waals surface area contributed by atoms with Gasteiger partial charge in [0.1, 0.15) is 10.8 Å². The van der Waals surface area contributed by atoms with Crippen molar-refractivity contribution in [3.63, 3.8) is 0 Å². The van der Waals surface area contributed by atoms with Crippen molar-refractivity contribution in [2.45, 2.75) is 13.8 Å². The molecule has 106 valence electrons. The highest BCUT2D eigenvalue weighted by Gasteiger charge is 2.20. The molecule has 2 rings (SSSR count). The van der Waals surface area contributed by atoms with Gasteiger partial charge in [0.15, 0.2) is 0 Å². The van der Waals surface area contributed by atoms with Gasteiger partial charge in [0.2, 0.25) is 5.13 Å². The van der Waals surface area contributed by atoms with Gasteiger partial charge in [0.05, 0.1) is 0 Å². The predicted octanol–water partition coefficient (Wildman–Crippen LogP) is 3.48. The molecule has 0 atom stereocenters. The molecule has 0 spiro atoms. The zero-order valence-electron chi connectivity index (χ0n) is 11.1. The van der Waals surface area contributed by atoms with Gasteiger partial charge in [-0.15, -0.1) is 10.2 Å². The van der Waals surface area contributed by atoms with Gasteiger partial charge in [0, 0.05) is 12.1 Å². The summed E-state index contributed by atoms with van der Waals surface area (Å²) in [6.45, 7) is 4.18. The van der Waals surface area contributed by atoms with Crippen LogP contribution in [0.4, 0.5) is 14.3 Å². The van der Waals surface area contributed by atoms with Crippen LogP contribution in [-0.2, 0) is 0 Å². The summed E-state index contributed by atoms with van der Waals surface area (Å²) in [6, 6.07) is 5.97. The molecule has 0 bridgehead atoms. The van der Waals surface area contributed by atoms with E-state index in [4.69, 9.17) is 0 Å². The van der Waals surface area contributed by atoms with Crippen molar-refractivity contribution in [2.24, 2.45) is 5.92 Å². The third kappa shape index (κ3) is 3.30. The maximum absolute atomic E-state index is 13.2. The minimum Gasteiger partial charge on any atom is -0.465 e. The van der Waals surface area contributed by atoms with Crippen molar-refractivity contribution in [3.8, 4) is 10.6 Å². The van der Waals surface area contributed by atoms with Crippen molar-refractivity contribution in [1.82, 2.24) is 10.2 Å². The Kier molecular flexibility index (Phi) is 4.29.